The van der Waals surface area contributed by atoms with Crippen molar-refractivity contribution in [2.45, 2.75) is 31.8 Å². The van der Waals surface area contributed by atoms with Gasteiger partial charge in [-0.3, -0.25) is 4.90 Å². The second-order valence-electron chi connectivity index (χ2n) is 6.78. The van der Waals surface area contributed by atoms with Gasteiger partial charge in [0.2, 0.25) is 0 Å². The Morgan fingerprint density at radius 1 is 1.41 bits per heavy atom. The van der Waals surface area contributed by atoms with E-state index in [4.69, 9.17) is 0 Å². The van der Waals surface area contributed by atoms with Gasteiger partial charge in [0.1, 0.15) is 12.1 Å². The molecule has 4 rings (SSSR count). The van der Waals surface area contributed by atoms with Crippen LogP contribution >= 0.6 is 11.3 Å². The van der Waals surface area contributed by atoms with Gasteiger partial charge in [0.05, 0.1) is 0 Å². The Morgan fingerprint density at radius 2 is 2.32 bits per heavy atom. The molecule has 5 heteroatoms. The fraction of sp³-hybridized carbons (Fsp3) is 0.529. The van der Waals surface area contributed by atoms with Crippen LogP contribution in [-0.2, 0) is 6.54 Å². The lowest BCUT2D eigenvalue weighted by molar-refractivity contribution is 0.107. The van der Waals surface area contributed by atoms with Gasteiger partial charge in [-0.2, -0.15) is 0 Å². The lowest BCUT2D eigenvalue weighted by atomic mass is 9.64. The van der Waals surface area contributed by atoms with Crippen LogP contribution in [0, 0.1) is 5.41 Å². The summed E-state index contributed by atoms with van der Waals surface area (Å²) >= 11 is 1.87. The van der Waals surface area contributed by atoms with Gasteiger partial charge in [-0.05, 0) is 48.7 Å². The topological polar surface area (TPSA) is 32.3 Å². The van der Waals surface area contributed by atoms with Crippen LogP contribution in [0.1, 0.15) is 24.1 Å². The summed E-state index contributed by atoms with van der Waals surface area (Å²) in [5.41, 5.74) is 0.559. The van der Waals surface area contributed by atoms with Crippen molar-refractivity contribution in [2.24, 2.45) is 5.41 Å². The summed E-state index contributed by atoms with van der Waals surface area (Å²) in [7, 11) is 2.16. The quantitative estimate of drug-likeness (QED) is 0.868. The van der Waals surface area contributed by atoms with E-state index in [9.17, 15) is 0 Å². The minimum Gasteiger partial charge on any atom is -0.357 e. The number of aromatic nitrogens is 2. The van der Waals surface area contributed by atoms with Crippen molar-refractivity contribution in [3.63, 3.8) is 0 Å². The fourth-order valence-corrected chi connectivity index (χ4v) is 4.76. The minimum atomic E-state index is 0.559. The number of rotatable bonds is 4. The first kappa shape index (κ1) is 14.2. The van der Waals surface area contributed by atoms with E-state index in [2.05, 4.69) is 44.3 Å². The zero-order chi connectivity index (χ0) is 15.0. The van der Waals surface area contributed by atoms with E-state index in [1.807, 2.05) is 23.6 Å². The summed E-state index contributed by atoms with van der Waals surface area (Å²) in [6.07, 6.45) is 7.42. The molecule has 2 aliphatic rings. The molecule has 0 amide bonds. The number of anilines is 1. The maximum Gasteiger partial charge on any atom is 0.131 e. The molecule has 2 aromatic heterocycles. The normalized spacial score (nSPS) is 28.0. The molecule has 1 saturated carbocycles. The predicted octanol–water partition coefficient (Wildman–Crippen LogP) is 3.03. The smallest absolute Gasteiger partial charge is 0.131 e. The Balaban J connectivity index is 1.33. The van der Waals surface area contributed by atoms with Crippen LogP contribution in [-0.4, -0.2) is 41.0 Å². The average Bonchev–Trinajstić information content (AvgIpc) is 3.16. The Labute approximate surface area is 135 Å². The van der Waals surface area contributed by atoms with Gasteiger partial charge in [0.15, 0.2) is 0 Å². The highest BCUT2D eigenvalue weighted by Crippen LogP contribution is 2.50. The third-order valence-electron chi connectivity index (χ3n) is 5.29. The first-order chi connectivity index (χ1) is 10.7. The number of nitrogens with zero attached hydrogens (tertiary/aromatic N) is 4. The largest absolute Gasteiger partial charge is 0.357 e. The standard InChI is InChI=1S/C17H22N4S/c1-20(16-4-6-18-13-19-16)14-9-17(10-14)5-7-21(12-17)11-15-3-2-8-22-15/h2-4,6,8,13-14H,5,7,9-12H2,1H3. The highest BCUT2D eigenvalue weighted by Gasteiger charge is 2.49. The maximum atomic E-state index is 4.37. The molecule has 3 heterocycles. The van der Waals surface area contributed by atoms with Gasteiger partial charge >= 0.3 is 0 Å². The molecule has 1 spiro atoms. The maximum absolute atomic E-state index is 4.37. The zero-order valence-electron chi connectivity index (χ0n) is 13.0. The third kappa shape index (κ3) is 2.63. The van der Waals surface area contributed by atoms with Gasteiger partial charge in [0.25, 0.3) is 0 Å². The van der Waals surface area contributed by atoms with Crippen molar-refractivity contribution in [2.75, 3.05) is 25.0 Å². The molecule has 22 heavy (non-hydrogen) atoms. The zero-order valence-corrected chi connectivity index (χ0v) is 13.8. The van der Waals surface area contributed by atoms with Gasteiger partial charge < -0.3 is 4.90 Å². The molecule has 116 valence electrons. The lowest BCUT2D eigenvalue weighted by Crippen LogP contribution is -2.51. The van der Waals surface area contributed by atoms with E-state index in [0.717, 1.165) is 12.4 Å². The molecule has 0 atom stereocenters. The second-order valence-corrected chi connectivity index (χ2v) is 7.81. The Bertz CT molecular complexity index is 607. The summed E-state index contributed by atoms with van der Waals surface area (Å²) in [6, 6.07) is 7.05. The molecule has 2 aromatic rings. The number of hydrogen-bond acceptors (Lipinski definition) is 5. The summed E-state index contributed by atoms with van der Waals surface area (Å²) in [5, 5.41) is 2.18. The number of hydrogen-bond donors (Lipinski definition) is 0. The summed E-state index contributed by atoms with van der Waals surface area (Å²) in [5.74, 6) is 1.04. The Morgan fingerprint density at radius 3 is 3.05 bits per heavy atom. The summed E-state index contributed by atoms with van der Waals surface area (Å²) in [6.45, 7) is 3.65. The van der Waals surface area contributed by atoms with Crippen LogP contribution in [0.15, 0.2) is 36.1 Å². The van der Waals surface area contributed by atoms with Crippen molar-refractivity contribution in [1.29, 1.82) is 0 Å². The third-order valence-corrected chi connectivity index (χ3v) is 6.15. The highest BCUT2D eigenvalue weighted by atomic mass is 32.1. The van der Waals surface area contributed by atoms with Crippen LogP contribution in [0.3, 0.4) is 0 Å². The molecule has 1 saturated heterocycles. The Hall–Kier alpha value is -1.46. The van der Waals surface area contributed by atoms with Crippen molar-refractivity contribution < 1.29 is 0 Å². The Kier molecular flexibility index (Phi) is 3.62. The predicted molar refractivity (Wildman–Crippen MR) is 90.1 cm³/mol. The molecule has 1 aliphatic carbocycles. The van der Waals surface area contributed by atoms with E-state index in [1.165, 1.54) is 37.2 Å². The van der Waals surface area contributed by atoms with Gasteiger partial charge in [-0.15, -0.1) is 11.3 Å². The van der Waals surface area contributed by atoms with E-state index in [-0.39, 0.29) is 0 Å². The first-order valence-electron chi connectivity index (χ1n) is 7.98. The first-order valence-corrected chi connectivity index (χ1v) is 8.86. The molecular weight excluding hydrogens is 292 g/mol. The number of likely N-dealkylation sites (tertiary alicyclic amines) is 1. The van der Waals surface area contributed by atoms with E-state index in [1.54, 1.807) is 6.33 Å². The van der Waals surface area contributed by atoms with Crippen LogP contribution in [0.25, 0.3) is 0 Å². The van der Waals surface area contributed by atoms with Crippen molar-refractivity contribution >= 4 is 17.2 Å². The van der Waals surface area contributed by atoms with Gasteiger partial charge in [-0.25, -0.2) is 9.97 Å². The molecule has 0 aromatic carbocycles. The SMILES string of the molecule is CN(c1ccncn1)C1CC2(CCN(Cc3cccs3)C2)C1. The molecule has 1 aliphatic heterocycles. The molecule has 4 nitrogen and oxygen atoms in total. The highest BCUT2D eigenvalue weighted by molar-refractivity contribution is 7.09. The molecule has 2 fully saturated rings. The number of thiophene rings is 1. The van der Waals surface area contributed by atoms with Gasteiger partial charge in [0, 0.05) is 37.3 Å². The second kappa shape index (κ2) is 5.63. The van der Waals surface area contributed by atoms with E-state index >= 15 is 0 Å². The minimum absolute atomic E-state index is 0.559. The van der Waals surface area contributed by atoms with Crippen molar-refractivity contribution in [3.8, 4) is 0 Å². The van der Waals surface area contributed by atoms with Gasteiger partial charge in [-0.1, -0.05) is 6.07 Å². The molecule has 0 N–H and O–H groups in total. The van der Waals surface area contributed by atoms with Crippen molar-refractivity contribution in [1.82, 2.24) is 14.9 Å². The molecule has 0 bridgehead atoms. The fourth-order valence-electron chi connectivity index (χ4n) is 4.01. The van der Waals surface area contributed by atoms with Crippen LogP contribution in [0.4, 0.5) is 5.82 Å². The molecular formula is C17H22N4S. The molecule has 0 radical (unpaired) electrons. The van der Waals surface area contributed by atoms with Crippen LogP contribution in [0.5, 0.6) is 0 Å². The average molecular weight is 314 g/mol. The van der Waals surface area contributed by atoms with Crippen LogP contribution < -0.4 is 4.90 Å². The van der Waals surface area contributed by atoms with Crippen molar-refractivity contribution in [3.05, 3.63) is 41.0 Å². The van der Waals surface area contributed by atoms with E-state index in [0.29, 0.717) is 11.5 Å². The van der Waals surface area contributed by atoms with E-state index < -0.39 is 0 Å². The summed E-state index contributed by atoms with van der Waals surface area (Å²) < 4.78 is 0. The monoisotopic (exact) mass is 314 g/mol. The summed E-state index contributed by atoms with van der Waals surface area (Å²) in [4.78, 5) is 14.8. The lowest BCUT2D eigenvalue weighted by Gasteiger charge is -2.49. The van der Waals surface area contributed by atoms with Crippen LogP contribution in [0.2, 0.25) is 0 Å². The molecule has 0 unspecified atom stereocenters.